The van der Waals surface area contributed by atoms with Gasteiger partial charge in [0.15, 0.2) is 0 Å². The molecule has 1 amide bonds. The molecule has 2 rings (SSSR count). The number of rotatable bonds is 7. The number of carbonyl (C=O) groups excluding carboxylic acids is 1. The van der Waals surface area contributed by atoms with Crippen molar-refractivity contribution >= 4 is 21.6 Å². The van der Waals surface area contributed by atoms with Gasteiger partial charge in [0, 0.05) is 20.0 Å². The van der Waals surface area contributed by atoms with Crippen LogP contribution in [0.1, 0.15) is 12.5 Å². The van der Waals surface area contributed by atoms with Crippen molar-refractivity contribution in [2.45, 2.75) is 18.7 Å². The Bertz CT molecular complexity index is 900. The summed E-state index contributed by atoms with van der Waals surface area (Å²) in [5, 5.41) is 0. The van der Waals surface area contributed by atoms with Crippen LogP contribution in [0.15, 0.2) is 47.4 Å². The number of sulfonamides is 1. The smallest absolute Gasteiger partial charge is 0.240 e. The van der Waals surface area contributed by atoms with Crippen molar-refractivity contribution in [3.63, 3.8) is 0 Å². The van der Waals surface area contributed by atoms with Gasteiger partial charge in [0.2, 0.25) is 15.9 Å². The molecule has 0 saturated carbocycles. The van der Waals surface area contributed by atoms with Crippen molar-refractivity contribution in [3.8, 4) is 5.75 Å². The third kappa shape index (κ3) is 4.59. The van der Waals surface area contributed by atoms with Gasteiger partial charge in [-0.05, 0) is 42.8 Å². The van der Waals surface area contributed by atoms with Gasteiger partial charge in [-0.2, -0.15) is 0 Å². The zero-order valence-electron chi connectivity index (χ0n) is 14.8. The van der Waals surface area contributed by atoms with Gasteiger partial charge in [0.25, 0.3) is 0 Å². The fourth-order valence-electron chi connectivity index (χ4n) is 2.54. The Labute approximate surface area is 152 Å². The van der Waals surface area contributed by atoms with E-state index in [-0.39, 0.29) is 29.6 Å². The van der Waals surface area contributed by atoms with Crippen molar-refractivity contribution in [1.29, 1.82) is 0 Å². The minimum Gasteiger partial charge on any atom is -0.497 e. The third-order valence-electron chi connectivity index (χ3n) is 3.82. The van der Waals surface area contributed by atoms with Crippen LogP contribution >= 0.6 is 0 Å². The average molecular weight is 380 g/mol. The first-order valence-electron chi connectivity index (χ1n) is 7.93. The molecule has 8 heteroatoms. The number of benzene rings is 2. The lowest BCUT2D eigenvalue weighted by atomic mass is 10.2. The Morgan fingerprint density at radius 1 is 1.23 bits per heavy atom. The quantitative estimate of drug-likeness (QED) is 0.801. The van der Waals surface area contributed by atoms with E-state index in [1.165, 1.54) is 43.2 Å². The molecule has 2 aromatic rings. The number of hydrogen-bond acceptors (Lipinski definition) is 4. The lowest BCUT2D eigenvalue weighted by Gasteiger charge is -2.22. The van der Waals surface area contributed by atoms with Crippen LogP contribution in [0.4, 0.5) is 10.1 Å². The fourth-order valence-corrected chi connectivity index (χ4v) is 3.78. The Hall–Kier alpha value is -2.45. The topological polar surface area (TPSA) is 75.7 Å². The average Bonchev–Trinajstić information content (AvgIpc) is 2.59. The van der Waals surface area contributed by atoms with E-state index in [1.54, 1.807) is 25.1 Å². The first-order chi connectivity index (χ1) is 12.3. The zero-order chi connectivity index (χ0) is 19.3. The molecule has 0 bridgehead atoms. The summed E-state index contributed by atoms with van der Waals surface area (Å²) in [6.07, 6.45) is 0. The second-order valence-corrected chi connectivity index (χ2v) is 7.39. The molecule has 140 valence electrons. The van der Waals surface area contributed by atoms with E-state index in [0.29, 0.717) is 11.3 Å². The summed E-state index contributed by atoms with van der Waals surface area (Å²) >= 11 is 0. The van der Waals surface area contributed by atoms with Gasteiger partial charge in [0.1, 0.15) is 11.6 Å². The maximum atomic E-state index is 13.9. The number of halogens is 1. The maximum absolute atomic E-state index is 13.9. The molecular weight excluding hydrogens is 359 g/mol. The van der Waals surface area contributed by atoms with Gasteiger partial charge in [-0.15, -0.1) is 0 Å². The predicted octanol–water partition coefficient (Wildman–Crippen LogP) is 2.47. The molecule has 0 aliphatic heterocycles. The SMILES string of the molecule is COc1ccc(S(=O)(=O)NCCN(C(C)=O)c2ccccc2F)c(C)c1. The molecular formula is C18H21FN2O4S. The van der Waals surface area contributed by atoms with Crippen LogP contribution in [-0.2, 0) is 14.8 Å². The second kappa shape index (κ2) is 8.29. The first kappa shape index (κ1) is 19.9. The van der Waals surface area contributed by atoms with E-state index in [1.807, 2.05) is 0 Å². The van der Waals surface area contributed by atoms with Crippen molar-refractivity contribution in [1.82, 2.24) is 4.72 Å². The van der Waals surface area contributed by atoms with E-state index < -0.39 is 15.8 Å². The summed E-state index contributed by atoms with van der Waals surface area (Å²) in [5.74, 6) is -0.366. The molecule has 0 aromatic heterocycles. The van der Waals surface area contributed by atoms with Gasteiger partial charge in [-0.3, -0.25) is 4.79 Å². The fraction of sp³-hybridized carbons (Fsp3) is 0.278. The van der Waals surface area contributed by atoms with Gasteiger partial charge < -0.3 is 9.64 Å². The highest BCUT2D eigenvalue weighted by atomic mass is 32.2. The van der Waals surface area contributed by atoms with E-state index in [0.717, 1.165) is 0 Å². The number of hydrogen-bond donors (Lipinski definition) is 1. The standard InChI is InChI=1S/C18H21FN2O4S/c1-13-12-15(25-3)8-9-18(13)26(23,24)20-10-11-21(14(2)22)17-7-5-4-6-16(17)19/h4-9,12,20H,10-11H2,1-3H3. The molecule has 0 unspecified atom stereocenters. The van der Waals surface area contributed by atoms with Crippen LogP contribution in [0.3, 0.4) is 0 Å². The van der Waals surface area contributed by atoms with Crippen molar-refractivity contribution in [3.05, 3.63) is 53.8 Å². The third-order valence-corrected chi connectivity index (χ3v) is 5.44. The van der Waals surface area contributed by atoms with E-state index >= 15 is 0 Å². The number of para-hydroxylation sites is 1. The van der Waals surface area contributed by atoms with Crippen molar-refractivity contribution in [2.24, 2.45) is 0 Å². The number of amides is 1. The molecule has 0 atom stereocenters. The minimum absolute atomic E-state index is 0.00466. The molecule has 0 heterocycles. The van der Waals surface area contributed by atoms with Gasteiger partial charge in [-0.1, -0.05) is 12.1 Å². The molecule has 0 radical (unpaired) electrons. The lowest BCUT2D eigenvalue weighted by Crippen LogP contribution is -2.38. The molecule has 1 N–H and O–H groups in total. The molecule has 0 aliphatic rings. The molecule has 0 spiro atoms. The second-order valence-electron chi connectivity index (χ2n) is 5.65. The Morgan fingerprint density at radius 2 is 1.92 bits per heavy atom. The highest BCUT2D eigenvalue weighted by Gasteiger charge is 2.19. The molecule has 0 fully saturated rings. The number of methoxy groups -OCH3 is 1. The minimum atomic E-state index is -3.77. The van der Waals surface area contributed by atoms with Gasteiger partial charge in [0.05, 0.1) is 17.7 Å². The van der Waals surface area contributed by atoms with Crippen LogP contribution in [0.2, 0.25) is 0 Å². The number of carbonyl (C=O) groups is 1. The number of anilines is 1. The molecule has 26 heavy (non-hydrogen) atoms. The Kier molecular flexibility index (Phi) is 6.33. The van der Waals surface area contributed by atoms with E-state index in [9.17, 15) is 17.6 Å². The Morgan fingerprint density at radius 3 is 2.50 bits per heavy atom. The highest BCUT2D eigenvalue weighted by molar-refractivity contribution is 7.89. The molecule has 0 aliphatic carbocycles. The lowest BCUT2D eigenvalue weighted by molar-refractivity contribution is -0.116. The van der Waals surface area contributed by atoms with Gasteiger partial charge in [-0.25, -0.2) is 17.5 Å². The normalized spacial score (nSPS) is 11.2. The summed E-state index contributed by atoms with van der Waals surface area (Å²) in [5.41, 5.74) is 0.647. The van der Waals surface area contributed by atoms with Crippen LogP contribution in [0.25, 0.3) is 0 Å². The van der Waals surface area contributed by atoms with Crippen molar-refractivity contribution in [2.75, 3.05) is 25.1 Å². The molecule has 0 saturated heterocycles. The number of nitrogens with one attached hydrogen (secondary N) is 1. The van der Waals surface area contributed by atoms with Crippen LogP contribution in [-0.4, -0.2) is 34.5 Å². The predicted molar refractivity (Wildman–Crippen MR) is 97.3 cm³/mol. The number of ether oxygens (including phenoxy) is 1. The summed E-state index contributed by atoms with van der Waals surface area (Å²) in [6, 6.07) is 10.5. The maximum Gasteiger partial charge on any atom is 0.240 e. The van der Waals surface area contributed by atoms with Crippen LogP contribution in [0.5, 0.6) is 5.75 Å². The number of nitrogens with zero attached hydrogens (tertiary/aromatic N) is 1. The number of aryl methyl sites for hydroxylation is 1. The highest BCUT2D eigenvalue weighted by Crippen LogP contribution is 2.21. The van der Waals surface area contributed by atoms with Crippen LogP contribution < -0.4 is 14.4 Å². The van der Waals surface area contributed by atoms with Gasteiger partial charge >= 0.3 is 0 Å². The zero-order valence-corrected chi connectivity index (χ0v) is 15.6. The summed E-state index contributed by atoms with van der Waals surface area (Å²) in [6.45, 7) is 2.92. The first-order valence-corrected chi connectivity index (χ1v) is 9.41. The molecule has 2 aromatic carbocycles. The van der Waals surface area contributed by atoms with Crippen molar-refractivity contribution < 1.29 is 22.3 Å². The van der Waals surface area contributed by atoms with E-state index in [2.05, 4.69) is 4.72 Å². The monoisotopic (exact) mass is 380 g/mol. The molecule has 6 nitrogen and oxygen atoms in total. The van der Waals surface area contributed by atoms with Crippen LogP contribution in [0, 0.1) is 12.7 Å². The van der Waals surface area contributed by atoms with E-state index in [4.69, 9.17) is 4.74 Å². The Balaban J connectivity index is 2.11. The summed E-state index contributed by atoms with van der Waals surface area (Å²) < 4.78 is 46.4. The largest absolute Gasteiger partial charge is 0.497 e. The summed E-state index contributed by atoms with van der Waals surface area (Å²) in [4.78, 5) is 13.1. The summed E-state index contributed by atoms with van der Waals surface area (Å²) in [7, 11) is -2.27.